The van der Waals surface area contributed by atoms with E-state index in [0.717, 1.165) is 36.3 Å². The molecule has 3 heteroatoms. The van der Waals surface area contributed by atoms with Crippen LogP contribution in [-0.4, -0.2) is 19.3 Å². The first-order valence-electron chi connectivity index (χ1n) is 10.8. The number of rotatable bonds is 9. The SMILES string of the molecule is Cc1cccc(C)c1OC(C)CNc1ccc(OCCC2CCCCC2)cc1. The Morgan fingerprint density at radius 3 is 2.32 bits per heavy atom. The molecule has 3 rings (SSSR count). The molecular weight excluding hydrogens is 346 g/mol. The highest BCUT2D eigenvalue weighted by atomic mass is 16.5. The number of benzene rings is 2. The molecule has 2 aromatic carbocycles. The van der Waals surface area contributed by atoms with Gasteiger partial charge in [-0.05, 0) is 68.5 Å². The van der Waals surface area contributed by atoms with Gasteiger partial charge in [-0.15, -0.1) is 0 Å². The second kappa shape index (κ2) is 10.4. The molecule has 1 atom stereocenters. The third kappa shape index (κ3) is 6.19. The summed E-state index contributed by atoms with van der Waals surface area (Å²) in [6.45, 7) is 7.88. The minimum Gasteiger partial charge on any atom is -0.494 e. The van der Waals surface area contributed by atoms with E-state index in [9.17, 15) is 0 Å². The van der Waals surface area contributed by atoms with Crippen LogP contribution in [0.1, 0.15) is 56.6 Å². The molecule has 1 fully saturated rings. The molecule has 1 aliphatic carbocycles. The fourth-order valence-corrected chi connectivity index (χ4v) is 3.98. The number of nitrogens with one attached hydrogen (secondary N) is 1. The van der Waals surface area contributed by atoms with Gasteiger partial charge in [0, 0.05) is 5.69 Å². The zero-order chi connectivity index (χ0) is 19.8. The summed E-state index contributed by atoms with van der Waals surface area (Å²) in [6.07, 6.45) is 8.26. The van der Waals surface area contributed by atoms with E-state index in [1.54, 1.807) is 0 Å². The Bertz CT molecular complexity index is 700. The molecule has 0 amide bonds. The van der Waals surface area contributed by atoms with E-state index in [1.807, 2.05) is 0 Å². The predicted molar refractivity (Wildman–Crippen MR) is 118 cm³/mol. The summed E-state index contributed by atoms with van der Waals surface area (Å²) >= 11 is 0. The Hall–Kier alpha value is -2.16. The lowest BCUT2D eigenvalue weighted by molar-refractivity contribution is 0.231. The van der Waals surface area contributed by atoms with Crippen molar-refractivity contribution >= 4 is 5.69 Å². The van der Waals surface area contributed by atoms with Gasteiger partial charge in [-0.25, -0.2) is 0 Å². The first-order valence-corrected chi connectivity index (χ1v) is 10.8. The molecule has 0 heterocycles. The van der Waals surface area contributed by atoms with Crippen molar-refractivity contribution < 1.29 is 9.47 Å². The topological polar surface area (TPSA) is 30.5 Å². The van der Waals surface area contributed by atoms with Crippen molar-refractivity contribution in [3.63, 3.8) is 0 Å². The Morgan fingerprint density at radius 2 is 1.64 bits per heavy atom. The second-order valence-electron chi connectivity index (χ2n) is 8.20. The fraction of sp³-hybridized carbons (Fsp3) is 0.520. The summed E-state index contributed by atoms with van der Waals surface area (Å²) < 4.78 is 12.1. The maximum Gasteiger partial charge on any atom is 0.125 e. The van der Waals surface area contributed by atoms with Gasteiger partial charge in [0.2, 0.25) is 0 Å². The molecule has 0 spiro atoms. The van der Waals surface area contributed by atoms with E-state index >= 15 is 0 Å². The molecule has 1 N–H and O–H groups in total. The van der Waals surface area contributed by atoms with Gasteiger partial charge < -0.3 is 14.8 Å². The molecule has 0 aromatic heterocycles. The van der Waals surface area contributed by atoms with Crippen LogP contribution in [0.4, 0.5) is 5.69 Å². The van der Waals surface area contributed by atoms with E-state index in [2.05, 4.69) is 68.6 Å². The summed E-state index contributed by atoms with van der Waals surface area (Å²) in [5, 5.41) is 3.46. The van der Waals surface area contributed by atoms with Gasteiger partial charge >= 0.3 is 0 Å². The van der Waals surface area contributed by atoms with E-state index in [-0.39, 0.29) is 6.10 Å². The van der Waals surface area contributed by atoms with Crippen LogP contribution in [0.5, 0.6) is 11.5 Å². The van der Waals surface area contributed by atoms with Crippen LogP contribution in [0, 0.1) is 19.8 Å². The predicted octanol–water partition coefficient (Wildman–Crippen LogP) is 6.53. The Labute approximate surface area is 170 Å². The van der Waals surface area contributed by atoms with Crippen molar-refractivity contribution in [3.8, 4) is 11.5 Å². The standard InChI is InChI=1S/C25H35NO2/c1-19-8-7-9-20(2)25(19)28-21(3)18-26-23-12-14-24(15-13-23)27-17-16-22-10-5-4-6-11-22/h7-9,12-15,21-22,26H,4-6,10-11,16-18H2,1-3H3. The highest BCUT2D eigenvalue weighted by Gasteiger charge is 2.13. The quantitative estimate of drug-likeness (QED) is 0.535. The first-order chi connectivity index (χ1) is 13.6. The molecule has 1 unspecified atom stereocenters. The molecule has 1 saturated carbocycles. The zero-order valence-corrected chi connectivity index (χ0v) is 17.7. The van der Waals surface area contributed by atoms with Crippen molar-refractivity contribution in [1.29, 1.82) is 0 Å². The normalized spacial score (nSPS) is 15.8. The van der Waals surface area contributed by atoms with Crippen molar-refractivity contribution in [2.24, 2.45) is 5.92 Å². The molecule has 0 radical (unpaired) electrons. The third-order valence-electron chi connectivity index (χ3n) is 5.70. The molecular formula is C25H35NO2. The maximum atomic E-state index is 6.14. The number of aryl methyl sites for hydroxylation is 2. The van der Waals surface area contributed by atoms with E-state index in [1.165, 1.54) is 49.7 Å². The van der Waals surface area contributed by atoms with E-state index < -0.39 is 0 Å². The lowest BCUT2D eigenvalue weighted by atomic mass is 9.87. The minimum absolute atomic E-state index is 0.0891. The number of para-hydroxylation sites is 1. The Balaban J connectivity index is 1.40. The Morgan fingerprint density at radius 1 is 0.964 bits per heavy atom. The minimum atomic E-state index is 0.0891. The average Bonchev–Trinajstić information content (AvgIpc) is 2.71. The highest BCUT2D eigenvalue weighted by Crippen LogP contribution is 2.27. The molecule has 2 aromatic rings. The van der Waals surface area contributed by atoms with Gasteiger partial charge in [0.25, 0.3) is 0 Å². The summed E-state index contributed by atoms with van der Waals surface area (Å²) in [7, 11) is 0. The van der Waals surface area contributed by atoms with Gasteiger partial charge in [-0.1, -0.05) is 50.3 Å². The smallest absolute Gasteiger partial charge is 0.125 e. The van der Waals surface area contributed by atoms with Crippen LogP contribution >= 0.6 is 0 Å². The molecule has 152 valence electrons. The molecule has 28 heavy (non-hydrogen) atoms. The van der Waals surface area contributed by atoms with Gasteiger partial charge in [-0.2, -0.15) is 0 Å². The van der Waals surface area contributed by atoms with Crippen molar-refractivity contribution in [2.75, 3.05) is 18.5 Å². The number of ether oxygens (including phenoxy) is 2. The number of hydrogen-bond acceptors (Lipinski definition) is 3. The van der Waals surface area contributed by atoms with Crippen molar-refractivity contribution in [1.82, 2.24) is 0 Å². The monoisotopic (exact) mass is 381 g/mol. The van der Waals surface area contributed by atoms with Crippen molar-refractivity contribution in [3.05, 3.63) is 53.6 Å². The highest BCUT2D eigenvalue weighted by molar-refractivity contribution is 5.46. The van der Waals surface area contributed by atoms with Crippen LogP contribution in [0.2, 0.25) is 0 Å². The zero-order valence-electron chi connectivity index (χ0n) is 17.7. The summed E-state index contributed by atoms with van der Waals surface area (Å²) in [6, 6.07) is 14.5. The molecule has 0 saturated heterocycles. The van der Waals surface area contributed by atoms with Gasteiger partial charge in [0.05, 0.1) is 13.2 Å². The lowest BCUT2D eigenvalue weighted by Crippen LogP contribution is -2.23. The first kappa shape index (κ1) is 20.6. The van der Waals surface area contributed by atoms with Crippen molar-refractivity contribution in [2.45, 2.75) is 65.4 Å². The lowest BCUT2D eigenvalue weighted by Gasteiger charge is -2.21. The number of anilines is 1. The largest absolute Gasteiger partial charge is 0.494 e. The van der Waals surface area contributed by atoms with Crippen LogP contribution in [-0.2, 0) is 0 Å². The fourth-order valence-electron chi connectivity index (χ4n) is 3.98. The average molecular weight is 382 g/mol. The molecule has 0 bridgehead atoms. The third-order valence-corrected chi connectivity index (χ3v) is 5.70. The van der Waals surface area contributed by atoms with E-state index in [4.69, 9.17) is 9.47 Å². The van der Waals surface area contributed by atoms with Gasteiger partial charge in [-0.3, -0.25) is 0 Å². The van der Waals surface area contributed by atoms with Gasteiger partial charge in [0.15, 0.2) is 0 Å². The van der Waals surface area contributed by atoms with E-state index in [0.29, 0.717) is 0 Å². The van der Waals surface area contributed by atoms with Gasteiger partial charge in [0.1, 0.15) is 17.6 Å². The number of hydrogen-bond donors (Lipinski definition) is 1. The summed E-state index contributed by atoms with van der Waals surface area (Å²) in [5.41, 5.74) is 3.46. The van der Waals surface area contributed by atoms with Crippen LogP contribution in [0.15, 0.2) is 42.5 Å². The van der Waals surface area contributed by atoms with Crippen LogP contribution in [0.3, 0.4) is 0 Å². The second-order valence-corrected chi connectivity index (χ2v) is 8.20. The maximum absolute atomic E-state index is 6.14. The van der Waals surface area contributed by atoms with Crippen LogP contribution < -0.4 is 14.8 Å². The Kier molecular flexibility index (Phi) is 7.64. The summed E-state index contributed by atoms with van der Waals surface area (Å²) in [4.78, 5) is 0. The molecule has 1 aliphatic rings. The van der Waals surface area contributed by atoms with Crippen LogP contribution in [0.25, 0.3) is 0 Å². The summed E-state index contributed by atoms with van der Waals surface area (Å²) in [5.74, 6) is 2.83. The molecule has 3 nitrogen and oxygen atoms in total. The molecule has 0 aliphatic heterocycles.